The second-order valence-electron chi connectivity index (χ2n) is 4.59. The molecule has 5 nitrogen and oxygen atoms in total. The predicted octanol–water partition coefficient (Wildman–Crippen LogP) is 3.11. The summed E-state index contributed by atoms with van der Waals surface area (Å²) in [5.74, 6) is -0.679. The minimum atomic E-state index is -1.22. The van der Waals surface area contributed by atoms with Crippen molar-refractivity contribution in [3.05, 3.63) is 58.0 Å². The number of nitrogens with one attached hydrogen (secondary N) is 1. The van der Waals surface area contributed by atoms with E-state index in [1.165, 1.54) is 0 Å². The monoisotopic (exact) mass is 307 g/mol. The van der Waals surface area contributed by atoms with Gasteiger partial charge in [0.1, 0.15) is 11.5 Å². The fourth-order valence-corrected chi connectivity index (χ4v) is 2.29. The van der Waals surface area contributed by atoms with Gasteiger partial charge in [-0.2, -0.15) is 0 Å². The lowest BCUT2D eigenvalue weighted by atomic mass is 10.1. The first-order valence-electron chi connectivity index (χ1n) is 6.25. The Morgan fingerprint density at radius 2 is 1.95 bits per heavy atom. The minimum Gasteiger partial charge on any atom is -0.479 e. The van der Waals surface area contributed by atoms with Crippen molar-refractivity contribution in [2.45, 2.75) is 19.9 Å². The minimum absolute atomic E-state index is 0.283. The number of amides is 1. The zero-order valence-corrected chi connectivity index (χ0v) is 12.3. The van der Waals surface area contributed by atoms with E-state index >= 15 is 0 Å². The topological polar surface area (TPSA) is 79.5 Å². The Hall–Kier alpha value is -2.27. The molecular weight excluding hydrogens is 294 g/mol. The molecule has 0 bridgehead atoms. The number of aliphatic carboxylic acids is 1. The van der Waals surface area contributed by atoms with E-state index in [1.807, 2.05) is 0 Å². The van der Waals surface area contributed by atoms with E-state index in [4.69, 9.17) is 16.0 Å². The van der Waals surface area contributed by atoms with E-state index < -0.39 is 17.9 Å². The zero-order chi connectivity index (χ0) is 15.6. The first-order valence-corrected chi connectivity index (χ1v) is 6.63. The second kappa shape index (κ2) is 6.01. The van der Waals surface area contributed by atoms with Gasteiger partial charge in [-0.3, -0.25) is 4.79 Å². The Balaban J connectivity index is 2.29. The number of carboxylic acid groups (broad SMARTS) is 1. The molecule has 0 aliphatic rings. The molecule has 0 unspecified atom stereocenters. The lowest BCUT2D eigenvalue weighted by Crippen LogP contribution is -2.34. The Labute approximate surface area is 126 Å². The molecule has 1 atom stereocenters. The molecule has 0 aliphatic carbocycles. The molecule has 2 rings (SSSR count). The highest BCUT2D eigenvalue weighted by Crippen LogP contribution is 2.24. The fraction of sp³-hybridized carbons (Fsp3) is 0.200. The Kier molecular flexibility index (Phi) is 4.33. The lowest BCUT2D eigenvalue weighted by molar-refractivity contribution is -0.139. The Morgan fingerprint density at radius 1 is 1.29 bits per heavy atom. The highest BCUT2D eigenvalue weighted by Gasteiger charge is 2.26. The van der Waals surface area contributed by atoms with Crippen LogP contribution in [0.2, 0.25) is 5.02 Å². The fourth-order valence-electron chi connectivity index (χ4n) is 2.05. The molecule has 0 aliphatic heterocycles. The van der Waals surface area contributed by atoms with Gasteiger partial charge >= 0.3 is 5.97 Å². The van der Waals surface area contributed by atoms with Crippen LogP contribution in [-0.4, -0.2) is 17.0 Å². The van der Waals surface area contributed by atoms with Crippen molar-refractivity contribution in [3.8, 4) is 0 Å². The van der Waals surface area contributed by atoms with Gasteiger partial charge in [-0.25, -0.2) is 4.79 Å². The number of carbonyl (C=O) groups excluding carboxylic acids is 1. The summed E-state index contributed by atoms with van der Waals surface area (Å²) in [4.78, 5) is 23.6. The number of rotatable bonds is 4. The van der Waals surface area contributed by atoms with Crippen molar-refractivity contribution in [1.29, 1.82) is 0 Å². The standard InChI is InChI=1S/C15H14ClNO4/c1-8-7-11(9(2)21-8)14(18)17-13(15(19)20)10-5-3-4-6-12(10)16/h3-7,13H,1-2H3,(H,17,18)(H,19,20)/t13-/m1/s1. The van der Waals surface area contributed by atoms with Crippen LogP contribution in [0.4, 0.5) is 0 Å². The molecule has 0 spiro atoms. The van der Waals surface area contributed by atoms with E-state index in [-0.39, 0.29) is 5.02 Å². The van der Waals surface area contributed by atoms with E-state index in [0.29, 0.717) is 22.6 Å². The highest BCUT2D eigenvalue weighted by atomic mass is 35.5. The Morgan fingerprint density at radius 3 is 2.48 bits per heavy atom. The molecule has 1 heterocycles. The second-order valence-corrected chi connectivity index (χ2v) is 5.00. The summed E-state index contributed by atoms with van der Waals surface area (Å²) in [6.45, 7) is 3.36. The SMILES string of the molecule is Cc1cc(C(=O)N[C@@H](C(=O)O)c2ccccc2Cl)c(C)o1. The largest absolute Gasteiger partial charge is 0.479 e. The first-order chi connectivity index (χ1) is 9.90. The molecule has 1 aromatic heterocycles. The van der Waals surface area contributed by atoms with Crippen LogP contribution in [0.1, 0.15) is 33.5 Å². The van der Waals surface area contributed by atoms with Gasteiger partial charge < -0.3 is 14.8 Å². The summed E-state index contributed by atoms with van der Waals surface area (Å²) in [5, 5.41) is 12.1. The molecule has 21 heavy (non-hydrogen) atoms. The van der Waals surface area contributed by atoms with Crippen molar-refractivity contribution in [2.24, 2.45) is 0 Å². The summed E-state index contributed by atoms with van der Waals surface area (Å²) >= 11 is 5.99. The summed E-state index contributed by atoms with van der Waals surface area (Å²) < 4.78 is 5.27. The summed E-state index contributed by atoms with van der Waals surface area (Å²) in [7, 11) is 0. The van der Waals surface area contributed by atoms with Crippen molar-refractivity contribution in [1.82, 2.24) is 5.32 Å². The zero-order valence-electron chi connectivity index (χ0n) is 11.5. The van der Waals surface area contributed by atoms with Crippen LogP contribution in [0.25, 0.3) is 0 Å². The number of furan rings is 1. The van der Waals surface area contributed by atoms with E-state index in [0.717, 1.165) is 0 Å². The molecule has 2 aromatic rings. The molecule has 2 N–H and O–H groups in total. The van der Waals surface area contributed by atoms with Gasteiger partial charge in [-0.1, -0.05) is 29.8 Å². The van der Waals surface area contributed by atoms with Gasteiger partial charge in [0, 0.05) is 10.6 Å². The number of hydrogen-bond acceptors (Lipinski definition) is 3. The van der Waals surface area contributed by atoms with E-state index in [9.17, 15) is 14.7 Å². The van der Waals surface area contributed by atoms with Gasteiger partial charge in [-0.05, 0) is 26.0 Å². The molecule has 1 amide bonds. The molecule has 0 radical (unpaired) electrons. The number of halogens is 1. The van der Waals surface area contributed by atoms with Crippen LogP contribution in [0.3, 0.4) is 0 Å². The molecule has 0 fully saturated rings. The molecule has 110 valence electrons. The highest BCUT2D eigenvalue weighted by molar-refractivity contribution is 6.31. The third kappa shape index (κ3) is 3.25. The van der Waals surface area contributed by atoms with Gasteiger partial charge in [0.15, 0.2) is 6.04 Å². The number of hydrogen-bond donors (Lipinski definition) is 2. The maximum Gasteiger partial charge on any atom is 0.330 e. The summed E-state index contributed by atoms with van der Waals surface area (Å²) in [5.41, 5.74) is 0.642. The smallest absolute Gasteiger partial charge is 0.330 e. The molecule has 0 saturated heterocycles. The van der Waals surface area contributed by atoms with Gasteiger partial charge in [-0.15, -0.1) is 0 Å². The number of carboxylic acids is 1. The van der Waals surface area contributed by atoms with Crippen molar-refractivity contribution in [2.75, 3.05) is 0 Å². The van der Waals surface area contributed by atoms with Crippen LogP contribution >= 0.6 is 11.6 Å². The molecule has 0 saturated carbocycles. The average molecular weight is 308 g/mol. The van der Waals surface area contributed by atoms with Crippen molar-refractivity contribution < 1.29 is 19.1 Å². The normalized spacial score (nSPS) is 12.0. The maximum absolute atomic E-state index is 12.2. The Bertz CT molecular complexity index is 693. The quantitative estimate of drug-likeness (QED) is 0.909. The molecule has 6 heteroatoms. The third-order valence-corrected chi connectivity index (χ3v) is 3.37. The van der Waals surface area contributed by atoms with Crippen LogP contribution < -0.4 is 5.32 Å². The predicted molar refractivity (Wildman–Crippen MR) is 77.5 cm³/mol. The number of aryl methyl sites for hydroxylation is 2. The van der Waals surface area contributed by atoms with Gasteiger partial charge in [0.25, 0.3) is 5.91 Å². The molecule has 1 aromatic carbocycles. The van der Waals surface area contributed by atoms with Gasteiger partial charge in [0.05, 0.1) is 5.56 Å². The van der Waals surface area contributed by atoms with Crippen LogP contribution in [0.5, 0.6) is 0 Å². The number of benzene rings is 1. The maximum atomic E-state index is 12.2. The first kappa shape index (κ1) is 15.1. The van der Waals surface area contributed by atoms with Crippen molar-refractivity contribution >= 4 is 23.5 Å². The van der Waals surface area contributed by atoms with Crippen molar-refractivity contribution in [3.63, 3.8) is 0 Å². The van der Waals surface area contributed by atoms with E-state index in [1.54, 1.807) is 44.2 Å². The summed E-state index contributed by atoms with van der Waals surface area (Å²) in [6, 6.07) is 6.84. The van der Waals surface area contributed by atoms with E-state index in [2.05, 4.69) is 5.32 Å². The van der Waals surface area contributed by atoms with Crippen LogP contribution in [0.15, 0.2) is 34.7 Å². The summed E-state index contributed by atoms with van der Waals surface area (Å²) in [6.07, 6.45) is 0. The third-order valence-electron chi connectivity index (χ3n) is 3.02. The lowest BCUT2D eigenvalue weighted by Gasteiger charge is -2.15. The van der Waals surface area contributed by atoms with Crippen LogP contribution in [0, 0.1) is 13.8 Å². The van der Waals surface area contributed by atoms with Gasteiger partial charge in [0.2, 0.25) is 0 Å². The number of carbonyl (C=O) groups is 2. The molecular formula is C15H14ClNO4. The van der Waals surface area contributed by atoms with Crippen LogP contribution in [-0.2, 0) is 4.79 Å². The average Bonchev–Trinajstić information content (AvgIpc) is 2.75.